The van der Waals surface area contributed by atoms with Crippen molar-refractivity contribution in [1.82, 2.24) is 9.97 Å². The Bertz CT molecular complexity index is 788. The van der Waals surface area contributed by atoms with Crippen LogP contribution in [0.15, 0.2) is 6.33 Å². The van der Waals surface area contributed by atoms with Gasteiger partial charge in [0.2, 0.25) is 0 Å². The van der Waals surface area contributed by atoms with Crippen molar-refractivity contribution in [3.8, 4) is 0 Å². The topological polar surface area (TPSA) is 101 Å². The third-order valence-electron chi connectivity index (χ3n) is 4.03. The van der Waals surface area contributed by atoms with Crippen molar-refractivity contribution in [1.29, 1.82) is 0 Å². The Kier molecular flexibility index (Phi) is 5.94. The predicted octanol–water partition coefficient (Wildman–Crippen LogP) is 3.48. The van der Waals surface area contributed by atoms with E-state index in [9.17, 15) is 14.7 Å². The van der Waals surface area contributed by atoms with Crippen LogP contribution < -0.4 is 5.32 Å². The van der Waals surface area contributed by atoms with Crippen LogP contribution in [0.1, 0.15) is 49.4 Å². The summed E-state index contributed by atoms with van der Waals surface area (Å²) in [5.41, 5.74) is 0.696. The maximum Gasteiger partial charge on any atom is 0.348 e. The van der Waals surface area contributed by atoms with E-state index in [1.165, 1.54) is 17.7 Å². The van der Waals surface area contributed by atoms with E-state index in [4.69, 9.17) is 4.74 Å². The molecule has 2 rings (SSSR count). The van der Waals surface area contributed by atoms with Crippen molar-refractivity contribution in [2.75, 3.05) is 5.32 Å². The molecule has 0 bridgehead atoms. The molecule has 2 atom stereocenters. The fourth-order valence-corrected chi connectivity index (χ4v) is 3.51. The van der Waals surface area contributed by atoms with Gasteiger partial charge in [-0.2, -0.15) is 0 Å². The van der Waals surface area contributed by atoms with Gasteiger partial charge in [0.05, 0.1) is 11.5 Å². The number of ether oxygens (including phenoxy) is 1. The molecular formula is C17H23N3O4S. The number of aliphatic carboxylic acids is 1. The van der Waals surface area contributed by atoms with Crippen LogP contribution in [-0.4, -0.2) is 39.2 Å². The Hall–Kier alpha value is -2.22. The SMILES string of the molecule is CCC(C)C(Nc1ncnc2sc(C(=O)OC(C)C)c(C)c12)C(=O)O. The lowest BCUT2D eigenvalue weighted by atomic mass is 9.99. The quantitative estimate of drug-likeness (QED) is 0.724. The summed E-state index contributed by atoms with van der Waals surface area (Å²) in [5, 5.41) is 13.2. The first kappa shape index (κ1) is 19.1. The Labute approximate surface area is 150 Å². The van der Waals surface area contributed by atoms with Gasteiger partial charge in [-0.3, -0.25) is 0 Å². The zero-order valence-electron chi connectivity index (χ0n) is 15.0. The molecule has 0 saturated carbocycles. The van der Waals surface area contributed by atoms with Crippen LogP contribution in [0.4, 0.5) is 5.82 Å². The van der Waals surface area contributed by atoms with Gasteiger partial charge in [0.15, 0.2) is 0 Å². The summed E-state index contributed by atoms with van der Waals surface area (Å²) < 4.78 is 5.27. The molecule has 0 radical (unpaired) electrons. The number of anilines is 1. The summed E-state index contributed by atoms with van der Waals surface area (Å²) in [6, 6.07) is -0.770. The number of esters is 1. The van der Waals surface area contributed by atoms with Gasteiger partial charge in [-0.25, -0.2) is 19.6 Å². The van der Waals surface area contributed by atoms with Crippen molar-refractivity contribution in [2.24, 2.45) is 5.92 Å². The number of aromatic nitrogens is 2. The highest BCUT2D eigenvalue weighted by atomic mass is 32.1. The van der Waals surface area contributed by atoms with Crippen LogP contribution in [0, 0.1) is 12.8 Å². The number of nitrogens with one attached hydrogen (secondary N) is 1. The monoisotopic (exact) mass is 365 g/mol. The molecule has 2 unspecified atom stereocenters. The van der Waals surface area contributed by atoms with E-state index in [0.29, 0.717) is 32.9 Å². The number of carbonyl (C=O) groups is 2. The number of hydrogen-bond acceptors (Lipinski definition) is 7. The number of fused-ring (bicyclic) bond motifs is 1. The zero-order valence-corrected chi connectivity index (χ0v) is 15.8. The highest BCUT2D eigenvalue weighted by Gasteiger charge is 2.27. The van der Waals surface area contributed by atoms with Crippen molar-refractivity contribution in [3.63, 3.8) is 0 Å². The first-order chi connectivity index (χ1) is 11.8. The smallest absolute Gasteiger partial charge is 0.348 e. The van der Waals surface area contributed by atoms with E-state index in [0.717, 1.165) is 0 Å². The van der Waals surface area contributed by atoms with Crippen molar-refractivity contribution in [2.45, 2.75) is 53.2 Å². The normalized spacial score (nSPS) is 13.7. The molecule has 25 heavy (non-hydrogen) atoms. The summed E-state index contributed by atoms with van der Waals surface area (Å²) in [4.78, 5) is 33.4. The van der Waals surface area contributed by atoms with E-state index in [-0.39, 0.29) is 12.0 Å². The van der Waals surface area contributed by atoms with Crippen LogP contribution in [0.5, 0.6) is 0 Å². The fraction of sp³-hybridized carbons (Fsp3) is 0.529. The molecule has 2 N–H and O–H groups in total. The molecule has 0 saturated heterocycles. The lowest BCUT2D eigenvalue weighted by Gasteiger charge is -2.21. The molecule has 0 spiro atoms. The Morgan fingerprint density at radius 2 is 2.00 bits per heavy atom. The summed E-state index contributed by atoms with van der Waals surface area (Å²) in [6.07, 6.45) is 1.86. The van der Waals surface area contributed by atoms with E-state index in [1.54, 1.807) is 20.8 Å². The summed E-state index contributed by atoms with van der Waals surface area (Å²) in [7, 11) is 0. The second-order valence-electron chi connectivity index (χ2n) is 6.26. The molecule has 136 valence electrons. The van der Waals surface area contributed by atoms with Crippen molar-refractivity contribution < 1.29 is 19.4 Å². The second kappa shape index (κ2) is 7.77. The third-order valence-corrected chi connectivity index (χ3v) is 5.21. The molecular weight excluding hydrogens is 342 g/mol. The predicted molar refractivity (Wildman–Crippen MR) is 97.2 cm³/mol. The Morgan fingerprint density at radius 3 is 2.56 bits per heavy atom. The average Bonchev–Trinajstić information content (AvgIpc) is 2.89. The van der Waals surface area contributed by atoms with Gasteiger partial charge >= 0.3 is 11.9 Å². The highest BCUT2D eigenvalue weighted by molar-refractivity contribution is 7.20. The van der Waals surface area contributed by atoms with Gasteiger partial charge in [-0.1, -0.05) is 20.3 Å². The average molecular weight is 365 g/mol. The molecule has 0 aliphatic heterocycles. The van der Waals surface area contributed by atoms with Crippen LogP contribution >= 0.6 is 11.3 Å². The minimum absolute atomic E-state index is 0.0770. The van der Waals surface area contributed by atoms with Crippen LogP contribution in [0.3, 0.4) is 0 Å². The molecule has 0 fully saturated rings. The number of carbonyl (C=O) groups excluding carboxylic acids is 1. The number of thiophene rings is 1. The van der Waals surface area contributed by atoms with Crippen molar-refractivity contribution >= 4 is 39.3 Å². The number of nitrogens with zero attached hydrogens (tertiary/aromatic N) is 2. The van der Waals surface area contributed by atoms with E-state index in [2.05, 4.69) is 15.3 Å². The summed E-state index contributed by atoms with van der Waals surface area (Å²) in [6.45, 7) is 9.18. The maximum atomic E-state index is 12.3. The fourth-order valence-electron chi connectivity index (χ4n) is 2.47. The molecule has 0 aromatic carbocycles. The number of hydrogen-bond donors (Lipinski definition) is 2. The number of carboxylic acid groups (broad SMARTS) is 1. The Morgan fingerprint density at radius 1 is 1.32 bits per heavy atom. The number of carboxylic acids is 1. The maximum absolute atomic E-state index is 12.3. The van der Waals surface area contributed by atoms with Gasteiger partial charge < -0.3 is 15.2 Å². The first-order valence-corrected chi connectivity index (χ1v) is 9.02. The molecule has 8 heteroatoms. The Balaban J connectivity index is 2.46. The third kappa shape index (κ3) is 4.07. The molecule has 0 aliphatic carbocycles. The van der Waals surface area contributed by atoms with Gasteiger partial charge in [0, 0.05) is 0 Å². The first-order valence-electron chi connectivity index (χ1n) is 8.20. The molecule has 2 aromatic heterocycles. The van der Waals surface area contributed by atoms with E-state index < -0.39 is 18.0 Å². The zero-order chi connectivity index (χ0) is 18.7. The second-order valence-corrected chi connectivity index (χ2v) is 7.26. The van der Waals surface area contributed by atoms with Crippen LogP contribution in [-0.2, 0) is 9.53 Å². The van der Waals surface area contributed by atoms with E-state index in [1.807, 2.05) is 13.8 Å². The van der Waals surface area contributed by atoms with Gasteiger partial charge in [0.25, 0.3) is 0 Å². The van der Waals surface area contributed by atoms with Crippen molar-refractivity contribution in [3.05, 3.63) is 16.8 Å². The van der Waals surface area contributed by atoms with Gasteiger partial charge in [-0.05, 0) is 32.3 Å². The molecule has 0 aliphatic rings. The standard InChI is InChI=1S/C17H23N3O4S/c1-6-9(4)12(16(21)22)20-14-11-10(5)13(17(23)24-8(2)3)25-15(11)19-7-18-14/h7-9,12H,6H2,1-5H3,(H,21,22)(H,18,19,20). The summed E-state index contributed by atoms with van der Waals surface area (Å²) >= 11 is 1.22. The lowest BCUT2D eigenvalue weighted by Crippen LogP contribution is -2.35. The minimum Gasteiger partial charge on any atom is -0.480 e. The van der Waals surface area contributed by atoms with Gasteiger partial charge in [0.1, 0.15) is 27.9 Å². The van der Waals surface area contributed by atoms with Gasteiger partial charge in [-0.15, -0.1) is 11.3 Å². The highest BCUT2D eigenvalue weighted by Crippen LogP contribution is 2.34. The molecule has 7 nitrogen and oxygen atoms in total. The van der Waals surface area contributed by atoms with Crippen LogP contribution in [0.2, 0.25) is 0 Å². The molecule has 2 aromatic rings. The number of aryl methyl sites for hydroxylation is 1. The minimum atomic E-state index is -0.937. The molecule has 0 amide bonds. The van der Waals surface area contributed by atoms with E-state index >= 15 is 0 Å². The lowest BCUT2D eigenvalue weighted by molar-refractivity contribution is -0.139. The molecule has 2 heterocycles. The number of rotatable bonds is 7. The largest absolute Gasteiger partial charge is 0.480 e. The van der Waals surface area contributed by atoms with Crippen LogP contribution in [0.25, 0.3) is 10.2 Å². The summed E-state index contributed by atoms with van der Waals surface area (Å²) in [5.74, 6) is -0.992.